The van der Waals surface area contributed by atoms with Gasteiger partial charge in [-0.3, -0.25) is 0 Å². The molecule has 126 valence electrons. The molecule has 0 aromatic heterocycles. The number of amides is 1. The molecule has 1 amide bonds. The summed E-state index contributed by atoms with van der Waals surface area (Å²) in [4.78, 5) is 34.4. The average molecular weight is 321 g/mol. The highest BCUT2D eigenvalue weighted by Gasteiger charge is 2.25. The quantitative estimate of drug-likeness (QED) is 0.616. The highest BCUT2D eigenvalue weighted by atomic mass is 16.6. The van der Waals surface area contributed by atoms with Gasteiger partial charge >= 0.3 is 12.1 Å². The molecule has 0 saturated heterocycles. The summed E-state index contributed by atoms with van der Waals surface area (Å²) in [6.45, 7) is 5.27. The van der Waals surface area contributed by atoms with E-state index in [2.05, 4.69) is 5.32 Å². The minimum atomic E-state index is -0.918. The maximum absolute atomic E-state index is 12.1. The number of aldehydes is 1. The molecule has 0 spiro atoms. The summed E-state index contributed by atoms with van der Waals surface area (Å²) in [7, 11) is 0. The summed E-state index contributed by atoms with van der Waals surface area (Å²) < 4.78 is 10.3. The van der Waals surface area contributed by atoms with Crippen LogP contribution in [0.25, 0.3) is 0 Å². The normalized spacial score (nSPS) is 12.1. The van der Waals surface area contributed by atoms with E-state index >= 15 is 0 Å². The smallest absolute Gasteiger partial charge is 0.408 e. The zero-order valence-electron chi connectivity index (χ0n) is 13.7. The first-order chi connectivity index (χ1) is 10.8. The summed E-state index contributed by atoms with van der Waals surface area (Å²) in [5.74, 6) is -0.596. The van der Waals surface area contributed by atoms with Gasteiger partial charge in [0, 0.05) is 6.42 Å². The van der Waals surface area contributed by atoms with Crippen LogP contribution in [0.1, 0.15) is 39.2 Å². The number of nitrogens with one attached hydrogen (secondary N) is 1. The van der Waals surface area contributed by atoms with Gasteiger partial charge < -0.3 is 19.6 Å². The molecule has 1 N–H and O–H groups in total. The number of hydrogen-bond acceptors (Lipinski definition) is 5. The Bertz CT molecular complexity index is 522. The second-order valence-electron chi connectivity index (χ2n) is 6.04. The van der Waals surface area contributed by atoms with E-state index in [1.807, 2.05) is 30.3 Å². The topological polar surface area (TPSA) is 81.7 Å². The Morgan fingerprint density at radius 3 is 2.43 bits per heavy atom. The van der Waals surface area contributed by atoms with Gasteiger partial charge in [-0.1, -0.05) is 30.3 Å². The molecule has 0 aliphatic heterocycles. The highest BCUT2D eigenvalue weighted by Crippen LogP contribution is 2.09. The zero-order valence-corrected chi connectivity index (χ0v) is 13.7. The number of ether oxygens (including phenoxy) is 2. The first kappa shape index (κ1) is 18.7. The van der Waals surface area contributed by atoms with Gasteiger partial charge in [0.05, 0.1) is 0 Å². The second kappa shape index (κ2) is 8.92. The summed E-state index contributed by atoms with van der Waals surface area (Å²) >= 11 is 0. The monoisotopic (exact) mass is 321 g/mol. The van der Waals surface area contributed by atoms with Gasteiger partial charge in [-0.05, 0) is 32.8 Å². The van der Waals surface area contributed by atoms with Crippen molar-refractivity contribution in [1.82, 2.24) is 5.32 Å². The lowest BCUT2D eigenvalue weighted by molar-refractivity contribution is -0.147. The molecule has 0 saturated carbocycles. The predicted octanol–water partition coefficient (Wildman–Crippen LogP) is 2.60. The number of alkyl carbamates (subject to hydrolysis) is 1. The van der Waals surface area contributed by atoms with Crippen LogP contribution < -0.4 is 5.32 Å². The van der Waals surface area contributed by atoms with Crippen molar-refractivity contribution < 1.29 is 23.9 Å². The number of benzene rings is 1. The van der Waals surface area contributed by atoms with Crippen molar-refractivity contribution in [2.45, 2.75) is 51.9 Å². The van der Waals surface area contributed by atoms with Crippen molar-refractivity contribution in [1.29, 1.82) is 0 Å². The van der Waals surface area contributed by atoms with E-state index in [0.29, 0.717) is 6.29 Å². The molecule has 1 unspecified atom stereocenters. The maximum atomic E-state index is 12.1. The van der Waals surface area contributed by atoms with Crippen molar-refractivity contribution in [2.24, 2.45) is 0 Å². The third-order valence-electron chi connectivity index (χ3n) is 2.77. The van der Waals surface area contributed by atoms with Crippen LogP contribution in [-0.2, 0) is 25.7 Å². The molecule has 0 heterocycles. The molecule has 0 bridgehead atoms. The molecule has 0 aliphatic rings. The van der Waals surface area contributed by atoms with Crippen LogP contribution in [0, 0.1) is 0 Å². The van der Waals surface area contributed by atoms with Crippen molar-refractivity contribution in [2.75, 3.05) is 0 Å². The van der Waals surface area contributed by atoms with Crippen LogP contribution in [0.3, 0.4) is 0 Å². The first-order valence-electron chi connectivity index (χ1n) is 7.45. The lowest BCUT2D eigenvalue weighted by atomic mass is 10.1. The van der Waals surface area contributed by atoms with E-state index in [4.69, 9.17) is 9.47 Å². The van der Waals surface area contributed by atoms with E-state index in [1.165, 1.54) is 0 Å². The number of rotatable bonds is 7. The van der Waals surface area contributed by atoms with E-state index in [0.717, 1.165) is 5.56 Å². The van der Waals surface area contributed by atoms with E-state index < -0.39 is 23.7 Å². The van der Waals surface area contributed by atoms with Gasteiger partial charge in [-0.25, -0.2) is 9.59 Å². The van der Waals surface area contributed by atoms with Crippen molar-refractivity contribution >= 4 is 18.3 Å². The molecular formula is C17H23NO5. The number of carbonyl (C=O) groups excluding carboxylic acids is 3. The van der Waals surface area contributed by atoms with E-state index in [-0.39, 0.29) is 19.4 Å². The van der Waals surface area contributed by atoms with Gasteiger partial charge in [0.15, 0.2) is 0 Å². The Balaban J connectivity index is 2.59. The Labute approximate surface area is 136 Å². The second-order valence-corrected chi connectivity index (χ2v) is 6.04. The highest BCUT2D eigenvalue weighted by molar-refractivity contribution is 5.81. The fourth-order valence-corrected chi connectivity index (χ4v) is 1.76. The van der Waals surface area contributed by atoms with Gasteiger partial charge in [0.1, 0.15) is 24.5 Å². The average Bonchev–Trinajstić information content (AvgIpc) is 2.48. The molecular weight excluding hydrogens is 298 g/mol. The molecule has 1 atom stereocenters. The zero-order chi connectivity index (χ0) is 17.3. The summed E-state index contributed by atoms with van der Waals surface area (Å²) in [5, 5.41) is 2.45. The molecule has 6 heteroatoms. The van der Waals surface area contributed by atoms with Crippen LogP contribution in [0.4, 0.5) is 4.79 Å². The standard InChI is InChI=1S/C17H23NO5/c1-17(2,3)23-16(21)18-14(10-7-11-19)15(20)22-12-13-8-5-4-6-9-13/h4-6,8-9,11,14H,7,10,12H2,1-3H3,(H,18,21). The fourth-order valence-electron chi connectivity index (χ4n) is 1.76. The number of carbonyl (C=O) groups is 3. The number of esters is 1. The maximum Gasteiger partial charge on any atom is 0.408 e. The Morgan fingerprint density at radius 2 is 1.87 bits per heavy atom. The molecule has 1 aromatic carbocycles. The van der Waals surface area contributed by atoms with Crippen LogP contribution in [0.5, 0.6) is 0 Å². The SMILES string of the molecule is CC(C)(C)OC(=O)NC(CCC=O)C(=O)OCc1ccccc1. The molecule has 1 aromatic rings. The van der Waals surface area contributed by atoms with Gasteiger partial charge in [0.25, 0.3) is 0 Å². The lowest BCUT2D eigenvalue weighted by Crippen LogP contribution is -2.44. The third-order valence-corrected chi connectivity index (χ3v) is 2.77. The molecule has 0 aliphatic carbocycles. The van der Waals surface area contributed by atoms with Gasteiger partial charge in [-0.15, -0.1) is 0 Å². The molecule has 0 radical (unpaired) electrons. The molecule has 0 fully saturated rings. The lowest BCUT2D eigenvalue weighted by Gasteiger charge is -2.22. The van der Waals surface area contributed by atoms with Crippen LogP contribution in [-0.4, -0.2) is 30.0 Å². The summed E-state index contributed by atoms with van der Waals surface area (Å²) in [6, 6.07) is 8.28. The van der Waals surface area contributed by atoms with Crippen molar-refractivity contribution in [3.63, 3.8) is 0 Å². The van der Waals surface area contributed by atoms with Crippen LogP contribution >= 0.6 is 0 Å². The van der Waals surface area contributed by atoms with Crippen LogP contribution in [0.15, 0.2) is 30.3 Å². The Morgan fingerprint density at radius 1 is 1.22 bits per heavy atom. The predicted molar refractivity (Wildman–Crippen MR) is 84.7 cm³/mol. The molecule has 23 heavy (non-hydrogen) atoms. The number of hydrogen-bond donors (Lipinski definition) is 1. The largest absolute Gasteiger partial charge is 0.459 e. The van der Waals surface area contributed by atoms with Crippen LogP contribution in [0.2, 0.25) is 0 Å². The summed E-state index contributed by atoms with van der Waals surface area (Å²) in [5.41, 5.74) is 0.167. The molecule has 1 rings (SSSR count). The third kappa shape index (κ3) is 7.99. The van der Waals surface area contributed by atoms with E-state index in [1.54, 1.807) is 20.8 Å². The van der Waals surface area contributed by atoms with E-state index in [9.17, 15) is 14.4 Å². The minimum Gasteiger partial charge on any atom is -0.459 e. The van der Waals surface area contributed by atoms with Crippen molar-refractivity contribution in [3.8, 4) is 0 Å². The van der Waals surface area contributed by atoms with Gasteiger partial charge in [0.2, 0.25) is 0 Å². The Hall–Kier alpha value is -2.37. The van der Waals surface area contributed by atoms with Crippen molar-refractivity contribution in [3.05, 3.63) is 35.9 Å². The minimum absolute atomic E-state index is 0.104. The summed E-state index contributed by atoms with van der Waals surface area (Å²) in [6.07, 6.45) is 0.274. The Kier molecular flexibility index (Phi) is 7.25. The van der Waals surface area contributed by atoms with Gasteiger partial charge in [-0.2, -0.15) is 0 Å². The first-order valence-corrected chi connectivity index (χ1v) is 7.45. The molecule has 6 nitrogen and oxygen atoms in total. The fraction of sp³-hybridized carbons (Fsp3) is 0.471.